The first-order valence-electron chi connectivity index (χ1n) is 10.2. The van der Waals surface area contributed by atoms with E-state index in [4.69, 9.17) is 4.74 Å². The fourth-order valence-corrected chi connectivity index (χ4v) is 4.00. The van der Waals surface area contributed by atoms with Crippen molar-refractivity contribution < 1.29 is 9.53 Å². The molecule has 0 aromatic heterocycles. The number of Topliss-reactive ketones (excluding diaryl/α,β-unsaturated/α-hetero) is 1. The second-order valence-electron chi connectivity index (χ2n) is 7.92. The van der Waals surface area contributed by atoms with E-state index in [1.807, 2.05) is 26.2 Å². The molecule has 1 unspecified atom stereocenters. The van der Waals surface area contributed by atoms with Gasteiger partial charge in [0.2, 0.25) is 0 Å². The number of ether oxygens (including phenoxy) is 1. The maximum Gasteiger partial charge on any atom is 0.183 e. The van der Waals surface area contributed by atoms with Crippen molar-refractivity contribution in [3.63, 3.8) is 0 Å². The topological polar surface area (TPSA) is 32.8 Å². The Morgan fingerprint density at radius 2 is 1.64 bits per heavy atom. The molecule has 0 aliphatic carbocycles. The Bertz CT molecular complexity index is 777. The molecule has 2 aromatic carbocycles. The van der Waals surface area contributed by atoms with E-state index in [-0.39, 0.29) is 5.78 Å². The fraction of sp³-hybridized carbons (Fsp3) is 0.458. The van der Waals surface area contributed by atoms with E-state index in [0.717, 1.165) is 44.0 Å². The second-order valence-corrected chi connectivity index (χ2v) is 7.92. The molecule has 28 heavy (non-hydrogen) atoms. The number of carbonyl (C=O) groups is 1. The average Bonchev–Trinajstić information content (AvgIpc) is 2.73. The predicted molar refractivity (Wildman–Crippen MR) is 115 cm³/mol. The summed E-state index contributed by atoms with van der Waals surface area (Å²) in [7, 11) is 4.02. The zero-order chi connectivity index (χ0) is 20.1. The number of hydrogen-bond donors (Lipinski definition) is 0. The number of benzene rings is 2. The second kappa shape index (κ2) is 8.89. The highest BCUT2D eigenvalue weighted by atomic mass is 16.5. The molecule has 0 spiro atoms. The minimum atomic E-state index is -0.546. The van der Waals surface area contributed by atoms with Gasteiger partial charge in [0.05, 0.1) is 18.8 Å². The summed E-state index contributed by atoms with van der Waals surface area (Å²) in [6.07, 6.45) is 1.47. The summed E-state index contributed by atoms with van der Waals surface area (Å²) in [4.78, 5) is 18.0. The van der Waals surface area contributed by atoms with E-state index in [2.05, 4.69) is 60.0 Å². The van der Waals surface area contributed by atoms with E-state index in [1.165, 1.54) is 11.1 Å². The van der Waals surface area contributed by atoms with Crippen LogP contribution in [0.2, 0.25) is 0 Å². The number of carbonyl (C=O) groups excluding carboxylic acids is 1. The summed E-state index contributed by atoms with van der Waals surface area (Å²) in [6, 6.07) is 16.6. The molecule has 1 fully saturated rings. The lowest BCUT2D eigenvalue weighted by molar-refractivity contribution is 0.0666. The number of anilines is 1. The Balaban J connectivity index is 1.85. The van der Waals surface area contributed by atoms with Crippen LogP contribution in [-0.4, -0.2) is 56.6 Å². The van der Waals surface area contributed by atoms with Crippen LogP contribution in [0.1, 0.15) is 34.8 Å². The third-order valence-corrected chi connectivity index (χ3v) is 5.99. The van der Waals surface area contributed by atoms with Gasteiger partial charge in [0.25, 0.3) is 0 Å². The molecule has 3 rings (SSSR count). The third kappa shape index (κ3) is 4.29. The van der Waals surface area contributed by atoms with E-state index in [9.17, 15) is 4.79 Å². The molecule has 1 aliphatic heterocycles. The van der Waals surface area contributed by atoms with Crippen molar-refractivity contribution in [1.29, 1.82) is 0 Å². The Morgan fingerprint density at radius 1 is 1.04 bits per heavy atom. The van der Waals surface area contributed by atoms with Crippen LogP contribution in [0.4, 0.5) is 5.69 Å². The van der Waals surface area contributed by atoms with Crippen LogP contribution in [0.3, 0.4) is 0 Å². The number of aryl methyl sites for hydroxylation is 1. The van der Waals surface area contributed by atoms with E-state index < -0.39 is 5.54 Å². The molecule has 0 N–H and O–H groups in total. The van der Waals surface area contributed by atoms with Crippen LogP contribution in [0.25, 0.3) is 0 Å². The zero-order valence-electron chi connectivity index (χ0n) is 17.6. The van der Waals surface area contributed by atoms with E-state index in [0.29, 0.717) is 6.42 Å². The molecule has 1 saturated heterocycles. The SMILES string of the molecule is CCC(Cc1ccc(C)cc1)(C(=O)c1ccc(N2CCOCC2)cc1)N(C)C. The van der Waals surface area contributed by atoms with Crippen LogP contribution in [0.5, 0.6) is 0 Å². The minimum Gasteiger partial charge on any atom is -0.378 e. The van der Waals surface area contributed by atoms with Crippen LogP contribution < -0.4 is 4.90 Å². The first-order chi connectivity index (χ1) is 13.5. The highest BCUT2D eigenvalue weighted by molar-refractivity contribution is 6.03. The number of nitrogens with zero attached hydrogens (tertiary/aromatic N) is 2. The summed E-state index contributed by atoms with van der Waals surface area (Å²) in [5.41, 5.74) is 3.82. The smallest absolute Gasteiger partial charge is 0.183 e. The van der Waals surface area contributed by atoms with Gasteiger partial charge in [-0.15, -0.1) is 0 Å². The number of hydrogen-bond acceptors (Lipinski definition) is 4. The van der Waals surface area contributed by atoms with Crippen LogP contribution in [0.15, 0.2) is 48.5 Å². The zero-order valence-corrected chi connectivity index (χ0v) is 17.6. The molecule has 4 nitrogen and oxygen atoms in total. The Hall–Kier alpha value is -2.17. The van der Waals surface area contributed by atoms with Crippen molar-refractivity contribution in [3.8, 4) is 0 Å². The van der Waals surface area contributed by atoms with Gasteiger partial charge in [0.1, 0.15) is 0 Å². The molecule has 1 heterocycles. The van der Waals surface area contributed by atoms with E-state index in [1.54, 1.807) is 0 Å². The molecule has 1 atom stereocenters. The van der Waals surface area contributed by atoms with Crippen molar-refractivity contribution in [2.24, 2.45) is 0 Å². The normalized spacial score (nSPS) is 16.8. The molecular weight excluding hydrogens is 348 g/mol. The Morgan fingerprint density at radius 3 is 2.18 bits per heavy atom. The van der Waals surface area contributed by atoms with Gasteiger partial charge in [0.15, 0.2) is 5.78 Å². The van der Waals surface area contributed by atoms with Crippen LogP contribution in [-0.2, 0) is 11.2 Å². The Labute approximate surface area is 169 Å². The van der Waals surface area contributed by atoms with Crippen LogP contribution >= 0.6 is 0 Å². The number of rotatable bonds is 7. The molecule has 0 amide bonds. The molecule has 2 aromatic rings. The summed E-state index contributed by atoms with van der Waals surface area (Å²) in [5.74, 6) is 0.189. The quantitative estimate of drug-likeness (QED) is 0.681. The molecule has 0 saturated carbocycles. The summed E-state index contributed by atoms with van der Waals surface area (Å²) >= 11 is 0. The fourth-order valence-electron chi connectivity index (χ4n) is 4.00. The van der Waals surface area contributed by atoms with Crippen molar-refractivity contribution >= 4 is 11.5 Å². The van der Waals surface area contributed by atoms with Gasteiger partial charge in [-0.25, -0.2) is 0 Å². The maximum absolute atomic E-state index is 13.6. The highest BCUT2D eigenvalue weighted by Gasteiger charge is 2.39. The number of morpholine rings is 1. The van der Waals surface area contributed by atoms with Gasteiger partial charge in [-0.1, -0.05) is 36.8 Å². The van der Waals surface area contributed by atoms with Crippen molar-refractivity contribution in [2.45, 2.75) is 32.2 Å². The van der Waals surface area contributed by atoms with Crippen molar-refractivity contribution in [1.82, 2.24) is 4.90 Å². The number of ketones is 1. The van der Waals surface area contributed by atoms with Gasteiger partial charge >= 0.3 is 0 Å². The van der Waals surface area contributed by atoms with Crippen molar-refractivity contribution in [3.05, 3.63) is 65.2 Å². The van der Waals surface area contributed by atoms with E-state index >= 15 is 0 Å². The lowest BCUT2D eigenvalue weighted by Gasteiger charge is -2.38. The first kappa shape index (κ1) is 20.6. The maximum atomic E-state index is 13.6. The summed E-state index contributed by atoms with van der Waals surface area (Å²) < 4.78 is 5.43. The average molecular weight is 381 g/mol. The molecule has 1 aliphatic rings. The van der Waals surface area contributed by atoms with Crippen LogP contribution in [0, 0.1) is 6.92 Å². The molecule has 0 radical (unpaired) electrons. The minimum absolute atomic E-state index is 0.189. The highest BCUT2D eigenvalue weighted by Crippen LogP contribution is 2.29. The third-order valence-electron chi connectivity index (χ3n) is 5.99. The lowest BCUT2D eigenvalue weighted by atomic mass is 9.80. The van der Waals surface area contributed by atoms with Crippen molar-refractivity contribution in [2.75, 3.05) is 45.3 Å². The molecule has 4 heteroatoms. The van der Waals surface area contributed by atoms with Gasteiger partial charge < -0.3 is 9.64 Å². The van der Waals surface area contributed by atoms with Gasteiger partial charge in [-0.3, -0.25) is 9.69 Å². The first-order valence-corrected chi connectivity index (χ1v) is 10.2. The van der Waals surface area contributed by atoms with Gasteiger partial charge in [-0.2, -0.15) is 0 Å². The largest absolute Gasteiger partial charge is 0.378 e. The summed E-state index contributed by atoms with van der Waals surface area (Å²) in [5, 5.41) is 0. The number of likely N-dealkylation sites (N-methyl/N-ethyl adjacent to an activating group) is 1. The predicted octanol–water partition coefficient (Wildman–Crippen LogP) is 3.97. The standard InChI is InChI=1S/C24H32N2O2/c1-5-24(25(3)4,18-20-8-6-19(2)7-9-20)23(27)21-10-12-22(13-11-21)26-14-16-28-17-15-26/h6-13H,5,14-18H2,1-4H3. The molecule has 0 bridgehead atoms. The summed E-state index contributed by atoms with van der Waals surface area (Å²) in [6.45, 7) is 7.51. The molecule has 150 valence electrons. The van der Waals surface area contributed by atoms with Gasteiger partial charge in [-0.05, 0) is 63.7 Å². The van der Waals surface area contributed by atoms with Gasteiger partial charge in [0, 0.05) is 24.3 Å². The molecular formula is C24H32N2O2. The monoisotopic (exact) mass is 380 g/mol. The Kier molecular flexibility index (Phi) is 6.53. The lowest BCUT2D eigenvalue weighted by Crippen LogP contribution is -2.52.